The molecule has 116 valence electrons. The van der Waals surface area contributed by atoms with Crippen LogP contribution >= 0.6 is 55.1 Å². The Bertz CT molecular complexity index is 598. The van der Waals surface area contributed by atoms with Crippen molar-refractivity contribution in [2.75, 3.05) is 0 Å². The molecule has 1 unspecified atom stereocenters. The first-order valence-corrected chi connectivity index (χ1v) is 9.40. The average molecular weight is 458 g/mol. The summed E-state index contributed by atoms with van der Waals surface area (Å²) in [5.41, 5.74) is 1.48. The molecule has 0 aliphatic heterocycles. The lowest BCUT2D eigenvalue weighted by molar-refractivity contribution is 0.351. The topological polar surface area (TPSA) is 30.7 Å². The van der Waals surface area contributed by atoms with Gasteiger partial charge in [-0.25, -0.2) is 0 Å². The summed E-state index contributed by atoms with van der Waals surface area (Å²) in [5, 5.41) is 10.0. The van der Waals surface area contributed by atoms with Crippen molar-refractivity contribution in [3.05, 3.63) is 19.0 Å². The van der Waals surface area contributed by atoms with Crippen LogP contribution in [-0.4, -0.2) is 15.0 Å². The van der Waals surface area contributed by atoms with E-state index >= 15 is 0 Å². The highest BCUT2D eigenvalue weighted by molar-refractivity contribution is 9.11. The standard InChI is InChI=1S/C14H17Br2Cl2N3/c1-3-5-6-8(4-2)7-21-19-13-9(15)11(17)12(18)10(16)14(13)20-21/h8H,3-7H2,1-2H3. The van der Waals surface area contributed by atoms with E-state index in [0.29, 0.717) is 24.9 Å². The van der Waals surface area contributed by atoms with E-state index < -0.39 is 0 Å². The fourth-order valence-electron chi connectivity index (χ4n) is 2.27. The highest BCUT2D eigenvalue weighted by Crippen LogP contribution is 2.41. The third kappa shape index (κ3) is 3.74. The molecule has 0 saturated carbocycles. The summed E-state index contributed by atoms with van der Waals surface area (Å²) in [7, 11) is 0. The SMILES string of the molecule is CCCCC(CC)Cn1nc2c(Br)c(Cl)c(Cl)c(Br)c2n1. The lowest BCUT2D eigenvalue weighted by atomic mass is 10.00. The van der Waals surface area contributed by atoms with Crippen LogP contribution in [0.4, 0.5) is 0 Å². The predicted octanol–water partition coefficient (Wildman–Crippen LogP) is 6.48. The molecule has 3 nitrogen and oxygen atoms in total. The molecule has 1 aromatic heterocycles. The van der Waals surface area contributed by atoms with E-state index in [1.807, 2.05) is 0 Å². The van der Waals surface area contributed by atoms with Crippen molar-refractivity contribution >= 4 is 66.1 Å². The highest BCUT2D eigenvalue weighted by atomic mass is 79.9. The summed E-state index contributed by atoms with van der Waals surface area (Å²) < 4.78 is 1.39. The number of rotatable bonds is 6. The van der Waals surface area contributed by atoms with Crippen molar-refractivity contribution in [1.29, 1.82) is 0 Å². The molecule has 2 aromatic rings. The van der Waals surface area contributed by atoms with Crippen molar-refractivity contribution in [3.8, 4) is 0 Å². The molecule has 1 heterocycles. The Morgan fingerprint density at radius 2 is 1.57 bits per heavy atom. The maximum atomic E-state index is 6.19. The number of fused-ring (bicyclic) bond motifs is 1. The molecule has 0 fully saturated rings. The van der Waals surface area contributed by atoms with Crippen LogP contribution in [0.1, 0.15) is 39.5 Å². The van der Waals surface area contributed by atoms with E-state index in [9.17, 15) is 0 Å². The Morgan fingerprint density at radius 1 is 1.05 bits per heavy atom. The van der Waals surface area contributed by atoms with Gasteiger partial charge in [0, 0.05) is 0 Å². The Labute approximate surface area is 151 Å². The maximum absolute atomic E-state index is 6.19. The molecule has 0 aliphatic rings. The fraction of sp³-hybridized carbons (Fsp3) is 0.571. The minimum absolute atomic E-state index is 0.459. The Balaban J connectivity index is 2.35. The van der Waals surface area contributed by atoms with Crippen molar-refractivity contribution in [2.24, 2.45) is 5.92 Å². The molecule has 7 heteroatoms. The molecule has 0 radical (unpaired) electrons. The van der Waals surface area contributed by atoms with E-state index in [4.69, 9.17) is 23.2 Å². The molecule has 0 aliphatic carbocycles. The quantitative estimate of drug-likeness (QED) is 0.367. The van der Waals surface area contributed by atoms with Crippen LogP contribution in [0.2, 0.25) is 10.0 Å². The Hall–Kier alpha value is 0.160. The molecule has 0 bridgehead atoms. The first-order chi connectivity index (χ1) is 9.99. The van der Waals surface area contributed by atoms with E-state index in [0.717, 1.165) is 24.0 Å². The second-order valence-electron chi connectivity index (χ2n) is 5.12. The smallest absolute Gasteiger partial charge is 0.130 e. The minimum atomic E-state index is 0.459. The summed E-state index contributed by atoms with van der Waals surface area (Å²) in [6, 6.07) is 0. The largest absolute Gasteiger partial charge is 0.183 e. The number of hydrogen-bond donors (Lipinski definition) is 0. The van der Waals surface area contributed by atoms with Crippen LogP contribution in [0.5, 0.6) is 0 Å². The molecule has 21 heavy (non-hydrogen) atoms. The van der Waals surface area contributed by atoms with Crippen LogP contribution in [0.25, 0.3) is 11.0 Å². The molecule has 0 spiro atoms. The van der Waals surface area contributed by atoms with Gasteiger partial charge in [-0.05, 0) is 44.2 Å². The Morgan fingerprint density at radius 3 is 2.00 bits per heavy atom. The fourth-order valence-corrected chi connectivity index (χ4v) is 3.80. The Kier molecular flexibility index (Phi) is 6.36. The van der Waals surface area contributed by atoms with Gasteiger partial charge in [0.05, 0.1) is 25.5 Å². The highest BCUT2D eigenvalue weighted by Gasteiger charge is 2.19. The molecule has 2 rings (SSSR count). The van der Waals surface area contributed by atoms with E-state index in [-0.39, 0.29) is 0 Å². The molecule has 1 aromatic carbocycles. The van der Waals surface area contributed by atoms with Gasteiger partial charge in [0.1, 0.15) is 11.0 Å². The number of benzene rings is 1. The van der Waals surface area contributed by atoms with Gasteiger partial charge in [-0.2, -0.15) is 15.0 Å². The molecule has 1 atom stereocenters. The zero-order chi connectivity index (χ0) is 15.6. The van der Waals surface area contributed by atoms with Crippen LogP contribution in [0.3, 0.4) is 0 Å². The number of unbranched alkanes of at least 4 members (excludes halogenated alkanes) is 1. The van der Waals surface area contributed by atoms with Crippen molar-refractivity contribution in [2.45, 2.75) is 46.1 Å². The summed E-state index contributed by atoms with van der Waals surface area (Å²) in [4.78, 5) is 1.76. The van der Waals surface area contributed by atoms with Gasteiger partial charge >= 0.3 is 0 Å². The predicted molar refractivity (Wildman–Crippen MR) is 96.3 cm³/mol. The second kappa shape index (κ2) is 7.62. The molecular formula is C14H17Br2Cl2N3. The van der Waals surface area contributed by atoms with Gasteiger partial charge in [0.15, 0.2) is 0 Å². The summed E-state index contributed by atoms with van der Waals surface area (Å²) >= 11 is 19.3. The monoisotopic (exact) mass is 455 g/mol. The van der Waals surface area contributed by atoms with Crippen molar-refractivity contribution in [1.82, 2.24) is 15.0 Å². The van der Waals surface area contributed by atoms with E-state index in [1.54, 1.807) is 4.80 Å². The van der Waals surface area contributed by atoms with Crippen molar-refractivity contribution < 1.29 is 0 Å². The first-order valence-electron chi connectivity index (χ1n) is 7.06. The van der Waals surface area contributed by atoms with E-state index in [1.165, 1.54) is 19.3 Å². The van der Waals surface area contributed by atoms with Crippen LogP contribution < -0.4 is 0 Å². The zero-order valence-electron chi connectivity index (χ0n) is 12.0. The third-order valence-corrected chi connectivity index (χ3v) is 6.47. The van der Waals surface area contributed by atoms with Crippen molar-refractivity contribution in [3.63, 3.8) is 0 Å². The van der Waals surface area contributed by atoms with E-state index in [2.05, 4.69) is 55.9 Å². The normalized spacial score (nSPS) is 13.0. The van der Waals surface area contributed by atoms with Gasteiger partial charge in [-0.15, -0.1) is 0 Å². The second-order valence-corrected chi connectivity index (χ2v) is 7.47. The molecule has 0 amide bonds. The average Bonchev–Trinajstić information content (AvgIpc) is 2.91. The summed E-state index contributed by atoms with van der Waals surface area (Å²) in [5.74, 6) is 0.593. The number of aromatic nitrogens is 3. The van der Waals surface area contributed by atoms with Gasteiger partial charge in [0.2, 0.25) is 0 Å². The maximum Gasteiger partial charge on any atom is 0.130 e. The van der Waals surface area contributed by atoms with Gasteiger partial charge < -0.3 is 0 Å². The molecule has 0 saturated heterocycles. The lowest BCUT2D eigenvalue weighted by Crippen LogP contribution is -2.12. The van der Waals surface area contributed by atoms with Crippen LogP contribution in [0, 0.1) is 5.92 Å². The minimum Gasteiger partial charge on any atom is -0.183 e. The number of nitrogens with zero attached hydrogens (tertiary/aromatic N) is 3. The summed E-state index contributed by atoms with van der Waals surface area (Å²) in [6.07, 6.45) is 4.79. The summed E-state index contributed by atoms with van der Waals surface area (Å²) in [6.45, 7) is 5.24. The third-order valence-electron chi connectivity index (χ3n) is 3.61. The number of hydrogen-bond acceptors (Lipinski definition) is 2. The number of halogens is 4. The van der Waals surface area contributed by atoms with Gasteiger partial charge in [-0.1, -0.05) is 56.3 Å². The van der Waals surface area contributed by atoms with Crippen LogP contribution in [-0.2, 0) is 6.54 Å². The molecular weight excluding hydrogens is 441 g/mol. The molecule has 0 N–H and O–H groups in total. The first kappa shape index (κ1) is 17.5. The lowest BCUT2D eigenvalue weighted by Gasteiger charge is -2.12. The zero-order valence-corrected chi connectivity index (χ0v) is 16.7. The van der Waals surface area contributed by atoms with Crippen LogP contribution in [0.15, 0.2) is 8.95 Å². The van der Waals surface area contributed by atoms with Gasteiger partial charge in [-0.3, -0.25) is 0 Å². The van der Waals surface area contributed by atoms with Gasteiger partial charge in [0.25, 0.3) is 0 Å².